The maximum atomic E-state index is 2.60. The third-order valence-electron chi connectivity index (χ3n) is 4.38. The molecular weight excluding hydrogens is 182 g/mol. The Balaban J connectivity index is 1.80. The molecule has 0 radical (unpaired) electrons. The topological polar surface area (TPSA) is 3.24 Å². The largest absolute Gasteiger partial charge is 0.303 e. The first-order valence-corrected chi connectivity index (χ1v) is 6.13. The van der Waals surface area contributed by atoms with E-state index in [9.17, 15) is 0 Å². The number of rotatable bonds is 2. The molecule has 1 heterocycles. The molecule has 1 saturated heterocycles. The lowest BCUT2D eigenvalue weighted by Crippen LogP contribution is -2.36. The monoisotopic (exact) mass is 201 g/mol. The lowest BCUT2D eigenvalue weighted by molar-refractivity contribution is 0.216. The van der Waals surface area contributed by atoms with E-state index >= 15 is 0 Å². The standard InChI is InChI=1S/C14H19N/c1-2-15-9-8-14(10-13(14)11-15)12-6-4-3-5-7-12/h3-7,13H,2,8-11H2,1H3. The third-order valence-corrected chi connectivity index (χ3v) is 4.38. The molecule has 1 heteroatoms. The highest BCUT2D eigenvalue weighted by molar-refractivity contribution is 5.34. The summed E-state index contributed by atoms with van der Waals surface area (Å²) in [7, 11) is 0. The Morgan fingerprint density at radius 2 is 2.13 bits per heavy atom. The molecule has 1 aliphatic carbocycles. The summed E-state index contributed by atoms with van der Waals surface area (Å²) in [6, 6.07) is 11.1. The first kappa shape index (κ1) is 9.41. The van der Waals surface area contributed by atoms with Crippen LogP contribution in [-0.4, -0.2) is 24.5 Å². The fourth-order valence-corrected chi connectivity index (χ4v) is 3.24. The van der Waals surface area contributed by atoms with Crippen molar-refractivity contribution in [2.75, 3.05) is 19.6 Å². The van der Waals surface area contributed by atoms with Crippen LogP contribution < -0.4 is 0 Å². The molecule has 1 aliphatic heterocycles. The Morgan fingerprint density at radius 1 is 1.33 bits per heavy atom. The third kappa shape index (κ3) is 1.41. The zero-order valence-corrected chi connectivity index (χ0v) is 9.45. The first-order chi connectivity index (χ1) is 7.35. The summed E-state index contributed by atoms with van der Waals surface area (Å²) >= 11 is 0. The van der Waals surface area contributed by atoms with Crippen LogP contribution in [0.25, 0.3) is 0 Å². The van der Waals surface area contributed by atoms with Crippen molar-refractivity contribution in [3.8, 4) is 0 Å². The minimum absolute atomic E-state index is 0.576. The van der Waals surface area contributed by atoms with Gasteiger partial charge in [0.1, 0.15) is 0 Å². The van der Waals surface area contributed by atoms with Crippen LogP contribution in [0.4, 0.5) is 0 Å². The number of fused-ring (bicyclic) bond motifs is 1. The summed E-state index contributed by atoms with van der Waals surface area (Å²) in [6.45, 7) is 6.12. The lowest BCUT2D eigenvalue weighted by Gasteiger charge is -2.31. The molecule has 3 rings (SSSR count). The smallest absolute Gasteiger partial charge is 0.00184 e. The Hall–Kier alpha value is -0.820. The molecule has 2 unspecified atom stereocenters. The number of likely N-dealkylation sites (tertiary alicyclic amines) is 1. The van der Waals surface area contributed by atoms with Gasteiger partial charge in [-0.1, -0.05) is 37.3 Å². The van der Waals surface area contributed by atoms with Crippen molar-refractivity contribution in [3.63, 3.8) is 0 Å². The van der Waals surface area contributed by atoms with E-state index in [0.29, 0.717) is 5.41 Å². The Labute approximate surface area is 92.1 Å². The Morgan fingerprint density at radius 3 is 2.80 bits per heavy atom. The molecule has 0 spiro atoms. The molecule has 2 aliphatic rings. The molecule has 80 valence electrons. The second kappa shape index (κ2) is 3.34. The zero-order valence-electron chi connectivity index (χ0n) is 9.45. The van der Waals surface area contributed by atoms with Crippen LogP contribution in [0.2, 0.25) is 0 Å². The average molecular weight is 201 g/mol. The van der Waals surface area contributed by atoms with Crippen LogP contribution in [0.1, 0.15) is 25.3 Å². The van der Waals surface area contributed by atoms with Crippen molar-refractivity contribution in [1.29, 1.82) is 0 Å². The van der Waals surface area contributed by atoms with Gasteiger partial charge in [0.2, 0.25) is 0 Å². The molecule has 0 amide bonds. The molecule has 0 N–H and O–H groups in total. The van der Waals surface area contributed by atoms with Gasteiger partial charge >= 0.3 is 0 Å². The number of benzene rings is 1. The van der Waals surface area contributed by atoms with Gasteiger partial charge in [0, 0.05) is 12.0 Å². The minimum Gasteiger partial charge on any atom is -0.303 e. The molecule has 1 nitrogen and oxygen atoms in total. The highest BCUT2D eigenvalue weighted by atomic mass is 15.1. The fourth-order valence-electron chi connectivity index (χ4n) is 3.24. The number of nitrogens with zero attached hydrogens (tertiary/aromatic N) is 1. The fraction of sp³-hybridized carbons (Fsp3) is 0.571. The van der Waals surface area contributed by atoms with Crippen LogP contribution >= 0.6 is 0 Å². The van der Waals surface area contributed by atoms with Gasteiger partial charge in [-0.25, -0.2) is 0 Å². The van der Waals surface area contributed by atoms with Crippen molar-refractivity contribution in [1.82, 2.24) is 4.90 Å². The van der Waals surface area contributed by atoms with Crippen LogP contribution in [0.5, 0.6) is 0 Å². The summed E-state index contributed by atoms with van der Waals surface area (Å²) in [5, 5.41) is 0. The van der Waals surface area contributed by atoms with Gasteiger partial charge in [0.15, 0.2) is 0 Å². The summed E-state index contributed by atoms with van der Waals surface area (Å²) < 4.78 is 0. The van der Waals surface area contributed by atoms with Gasteiger partial charge in [-0.3, -0.25) is 0 Å². The quantitative estimate of drug-likeness (QED) is 0.711. The average Bonchev–Trinajstić information content (AvgIpc) is 3.04. The maximum Gasteiger partial charge on any atom is 0.00184 e. The molecule has 1 saturated carbocycles. The number of hydrogen-bond donors (Lipinski definition) is 0. The first-order valence-electron chi connectivity index (χ1n) is 6.13. The van der Waals surface area contributed by atoms with Crippen LogP contribution in [0.3, 0.4) is 0 Å². The summed E-state index contributed by atoms with van der Waals surface area (Å²) in [6.07, 6.45) is 2.79. The van der Waals surface area contributed by atoms with E-state index in [4.69, 9.17) is 0 Å². The summed E-state index contributed by atoms with van der Waals surface area (Å²) in [4.78, 5) is 2.60. The van der Waals surface area contributed by atoms with E-state index in [2.05, 4.69) is 42.2 Å². The van der Waals surface area contributed by atoms with Gasteiger partial charge < -0.3 is 4.90 Å². The van der Waals surface area contributed by atoms with E-state index in [1.807, 2.05) is 0 Å². The highest BCUT2D eigenvalue weighted by Crippen LogP contribution is 2.58. The van der Waals surface area contributed by atoms with Crippen LogP contribution in [0, 0.1) is 5.92 Å². The zero-order chi connectivity index (χ0) is 10.3. The molecule has 1 aromatic rings. The molecule has 2 fully saturated rings. The van der Waals surface area contributed by atoms with E-state index in [1.54, 1.807) is 5.56 Å². The van der Waals surface area contributed by atoms with Crippen molar-refractivity contribution >= 4 is 0 Å². The van der Waals surface area contributed by atoms with Crippen molar-refractivity contribution in [3.05, 3.63) is 35.9 Å². The van der Waals surface area contributed by atoms with E-state index in [-0.39, 0.29) is 0 Å². The normalized spacial score (nSPS) is 34.9. The van der Waals surface area contributed by atoms with Crippen molar-refractivity contribution < 1.29 is 0 Å². The van der Waals surface area contributed by atoms with Gasteiger partial charge in [-0.2, -0.15) is 0 Å². The van der Waals surface area contributed by atoms with E-state index < -0.39 is 0 Å². The molecule has 0 bridgehead atoms. The maximum absolute atomic E-state index is 2.60. The van der Waals surface area contributed by atoms with E-state index in [0.717, 1.165) is 5.92 Å². The predicted molar refractivity (Wildman–Crippen MR) is 63.0 cm³/mol. The Bertz CT molecular complexity index is 346. The second-order valence-corrected chi connectivity index (χ2v) is 5.07. The van der Waals surface area contributed by atoms with Gasteiger partial charge in [0.25, 0.3) is 0 Å². The lowest BCUT2D eigenvalue weighted by atomic mass is 9.87. The SMILES string of the molecule is CCN1CCC2(c3ccccc3)CC2C1. The summed E-state index contributed by atoms with van der Waals surface area (Å²) in [5.41, 5.74) is 2.16. The molecule has 15 heavy (non-hydrogen) atoms. The van der Waals surface area contributed by atoms with Crippen molar-refractivity contribution in [2.45, 2.75) is 25.2 Å². The highest BCUT2D eigenvalue weighted by Gasteiger charge is 2.56. The number of piperidine rings is 1. The number of hydrogen-bond acceptors (Lipinski definition) is 1. The van der Waals surface area contributed by atoms with Crippen molar-refractivity contribution in [2.24, 2.45) is 5.92 Å². The van der Waals surface area contributed by atoms with Crippen LogP contribution in [0.15, 0.2) is 30.3 Å². The molecule has 1 aromatic carbocycles. The van der Waals surface area contributed by atoms with Gasteiger partial charge in [-0.05, 0) is 37.4 Å². The molecule has 0 aromatic heterocycles. The summed E-state index contributed by atoms with van der Waals surface area (Å²) in [5.74, 6) is 0.939. The van der Waals surface area contributed by atoms with Crippen LogP contribution in [-0.2, 0) is 5.41 Å². The van der Waals surface area contributed by atoms with Gasteiger partial charge in [0.05, 0.1) is 0 Å². The van der Waals surface area contributed by atoms with Gasteiger partial charge in [-0.15, -0.1) is 0 Å². The molecule has 2 atom stereocenters. The second-order valence-electron chi connectivity index (χ2n) is 5.07. The molecular formula is C14H19N. The predicted octanol–water partition coefficient (Wildman–Crippen LogP) is 2.67. The van der Waals surface area contributed by atoms with E-state index in [1.165, 1.54) is 32.5 Å². The Kier molecular flexibility index (Phi) is 2.10. The minimum atomic E-state index is 0.576.